The van der Waals surface area contributed by atoms with Crippen LogP contribution in [0.25, 0.3) is 0 Å². The van der Waals surface area contributed by atoms with Gasteiger partial charge in [-0.2, -0.15) is 5.26 Å². The fraction of sp³-hybridized carbons (Fsp3) is 0.435. The first-order valence-corrected chi connectivity index (χ1v) is 10.2. The summed E-state index contributed by atoms with van der Waals surface area (Å²) in [5, 5.41) is 22.5. The molecular formula is C23H29N3O4. The average molecular weight is 412 g/mol. The van der Waals surface area contributed by atoms with Crippen LogP contribution in [-0.4, -0.2) is 69.2 Å². The number of nitriles is 1. The number of hydrogen-bond donors (Lipinski definition) is 2. The minimum absolute atomic E-state index is 0.184. The van der Waals surface area contributed by atoms with E-state index in [9.17, 15) is 5.11 Å². The lowest BCUT2D eigenvalue weighted by Gasteiger charge is -2.35. The Morgan fingerprint density at radius 1 is 1.07 bits per heavy atom. The van der Waals surface area contributed by atoms with Gasteiger partial charge in [-0.05, 0) is 42.0 Å². The van der Waals surface area contributed by atoms with E-state index in [1.807, 2.05) is 12.1 Å². The highest BCUT2D eigenvalue weighted by Gasteiger charge is 2.22. The SMILES string of the molecule is COc1ccc(C(CNCC(O)COc2ccc(C#N)cc2)N2CCOCC2)cc1. The number of nitrogens with zero attached hydrogens (tertiary/aromatic N) is 2. The van der Waals surface area contributed by atoms with Crippen molar-refractivity contribution >= 4 is 0 Å². The minimum Gasteiger partial charge on any atom is -0.497 e. The van der Waals surface area contributed by atoms with Crippen molar-refractivity contribution in [2.24, 2.45) is 0 Å². The predicted molar refractivity (Wildman–Crippen MR) is 114 cm³/mol. The van der Waals surface area contributed by atoms with Gasteiger partial charge in [0.1, 0.15) is 24.2 Å². The molecule has 7 nitrogen and oxygen atoms in total. The van der Waals surface area contributed by atoms with Crippen molar-refractivity contribution in [1.29, 1.82) is 5.26 Å². The van der Waals surface area contributed by atoms with Crippen molar-refractivity contribution in [3.8, 4) is 17.6 Å². The molecule has 2 aromatic carbocycles. The molecule has 30 heavy (non-hydrogen) atoms. The van der Waals surface area contributed by atoms with Gasteiger partial charge in [0.15, 0.2) is 0 Å². The van der Waals surface area contributed by atoms with Crippen LogP contribution in [0.5, 0.6) is 11.5 Å². The molecule has 2 unspecified atom stereocenters. The summed E-state index contributed by atoms with van der Waals surface area (Å²) in [5.41, 5.74) is 1.78. The summed E-state index contributed by atoms with van der Waals surface area (Å²) >= 11 is 0. The van der Waals surface area contributed by atoms with Gasteiger partial charge in [-0.3, -0.25) is 4.90 Å². The van der Waals surface area contributed by atoms with E-state index in [2.05, 4.69) is 28.4 Å². The molecule has 7 heteroatoms. The standard InChI is InChI=1S/C23H29N3O4/c1-28-21-8-4-19(5-9-21)23(26-10-12-29-13-11-26)16-25-15-20(27)17-30-22-6-2-18(14-24)3-7-22/h2-9,20,23,25,27H,10-13,15-17H2,1H3. The van der Waals surface area contributed by atoms with Gasteiger partial charge < -0.3 is 24.6 Å². The first-order chi connectivity index (χ1) is 14.7. The van der Waals surface area contributed by atoms with Gasteiger partial charge in [-0.15, -0.1) is 0 Å². The molecule has 0 aliphatic carbocycles. The second-order valence-electron chi connectivity index (χ2n) is 7.20. The maximum Gasteiger partial charge on any atom is 0.119 e. The fourth-order valence-corrected chi connectivity index (χ4v) is 3.44. The smallest absolute Gasteiger partial charge is 0.119 e. The summed E-state index contributed by atoms with van der Waals surface area (Å²) in [4.78, 5) is 2.40. The average Bonchev–Trinajstić information content (AvgIpc) is 2.81. The third kappa shape index (κ3) is 6.44. The summed E-state index contributed by atoms with van der Waals surface area (Å²) in [7, 11) is 1.66. The second-order valence-corrected chi connectivity index (χ2v) is 7.20. The van der Waals surface area contributed by atoms with Crippen LogP contribution in [0, 0.1) is 11.3 Å². The molecule has 1 aliphatic rings. The highest BCUT2D eigenvalue weighted by molar-refractivity contribution is 5.34. The van der Waals surface area contributed by atoms with Crippen LogP contribution in [-0.2, 0) is 4.74 Å². The highest BCUT2D eigenvalue weighted by Crippen LogP contribution is 2.23. The minimum atomic E-state index is -0.637. The van der Waals surface area contributed by atoms with Crippen LogP contribution in [0.3, 0.4) is 0 Å². The number of nitrogens with one attached hydrogen (secondary N) is 1. The monoisotopic (exact) mass is 411 g/mol. The first-order valence-electron chi connectivity index (χ1n) is 10.2. The van der Waals surface area contributed by atoms with Crippen LogP contribution < -0.4 is 14.8 Å². The zero-order chi connectivity index (χ0) is 21.2. The van der Waals surface area contributed by atoms with Crippen molar-refractivity contribution in [2.75, 3.05) is 53.1 Å². The summed E-state index contributed by atoms with van der Waals surface area (Å²) in [5.74, 6) is 1.47. The Kier molecular flexibility index (Phi) is 8.48. The van der Waals surface area contributed by atoms with Crippen LogP contribution in [0.4, 0.5) is 0 Å². The van der Waals surface area contributed by atoms with E-state index in [4.69, 9.17) is 19.5 Å². The molecule has 0 amide bonds. The van der Waals surface area contributed by atoms with E-state index in [-0.39, 0.29) is 12.6 Å². The predicted octanol–water partition coefficient (Wildman–Crippen LogP) is 1.97. The molecule has 2 N–H and O–H groups in total. The molecule has 1 heterocycles. The zero-order valence-corrected chi connectivity index (χ0v) is 17.3. The molecule has 160 valence electrons. The molecule has 1 fully saturated rings. The van der Waals surface area contributed by atoms with Crippen LogP contribution >= 0.6 is 0 Å². The highest BCUT2D eigenvalue weighted by atomic mass is 16.5. The maximum atomic E-state index is 10.3. The molecule has 0 bridgehead atoms. The van der Waals surface area contributed by atoms with Crippen molar-refractivity contribution in [3.63, 3.8) is 0 Å². The molecule has 2 atom stereocenters. The summed E-state index contributed by atoms with van der Waals surface area (Å²) in [6.45, 7) is 4.53. The molecule has 0 radical (unpaired) electrons. The topological polar surface area (TPSA) is 87.0 Å². The van der Waals surface area contributed by atoms with Crippen molar-refractivity contribution in [3.05, 3.63) is 59.7 Å². The number of aliphatic hydroxyl groups excluding tert-OH is 1. The number of methoxy groups -OCH3 is 1. The van der Waals surface area contributed by atoms with Crippen LogP contribution in [0.15, 0.2) is 48.5 Å². The summed E-state index contributed by atoms with van der Waals surface area (Å²) in [6, 6.07) is 17.2. The summed E-state index contributed by atoms with van der Waals surface area (Å²) in [6.07, 6.45) is -0.637. The molecule has 0 aromatic heterocycles. The van der Waals surface area contributed by atoms with Gasteiger partial charge in [-0.1, -0.05) is 12.1 Å². The number of aliphatic hydroxyl groups is 1. The Morgan fingerprint density at radius 2 is 1.73 bits per heavy atom. The Hall–Kier alpha value is -2.63. The van der Waals surface area contributed by atoms with Crippen LogP contribution in [0.2, 0.25) is 0 Å². The number of ether oxygens (including phenoxy) is 3. The Bertz CT molecular complexity index is 799. The molecule has 1 aliphatic heterocycles. The van der Waals surface area contributed by atoms with Gasteiger partial charge in [0.2, 0.25) is 0 Å². The normalized spacial score (nSPS) is 16.4. The second kappa shape index (κ2) is 11.5. The van der Waals surface area contributed by atoms with Gasteiger partial charge in [0.25, 0.3) is 0 Å². The molecule has 0 saturated carbocycles. The molecule has 1 saturated heterocycles. The first kappa shape index (κ1) is 22.1. The number of benzene rings is 2. The van der Waals surface area contributed by atoms with Gasteiger partial charge >= 0.3 is 0 Å². The van der Waals surface area contributed by atoms with Crippen molar-refractivity contribution in [1.82, 2.24) is 10.2 Å². The number of hydrogen-bond acceptors (Lipinski definition) is 7. The fourth-order valence-electron chi connectivity index (χ4n) is 3.44. The molecule has 2 aromatic rings. The quantitative estimate of drug-likeness (QED) is 0.618. The third-order valence-corrected chi connectivity index (χ3v) is 5.13. The third-order valence-electron chi connectivity index (χ3n) is 5.13. The van der Waals surface area contributed by atoms with Gasteiger partial charge in [0.05, 0.1) is 32.0 Å². The molecule has 0 spiro atoms. The van der Waals surface area contributed by atoms with Gasteiger partial charge in [0, 0.05) is 32.2 Å². The maximum absolute atomic E-state index is 10.3. The lowest BCUT2D eigenvalue weighted by Crippen LogP contribution is -2.44. The Labute approximate surface area is 177 Å². The molecule has 3 rings (SSSR count). The lowest BCUT2D eigenvalue weighted by molar-refractivity contribution is 0.0151. The van der Waals surface area contributed by atoms with E-state index >= 15 is 0 Å². The lowest BCUT2D eigenvalue weighted by atomic mass is 10.0. The zero-order valence-electron chi connectivity index (χ0n) is 17.3. The summed E-state index contributed by atoms with van der Waals surface area (Å²) < 4.78 is 16.4. The van der Waals surface area contributed by atoms with E-state index in [0.29, 0.717) is 24.4 Å². The van der Waals surface area contributed by atoms with E-state index in [1.54, 1.807) is 31.4 Å². The van der Waals surface area contributed by atoms with Crippen molar-refractivity contribution in [2.45, 2.75) is 12.1 Å². The van der Waals surface area contributed by atoms with E-state index in [1.165, 1.54) is 5.56 Å². The number of morpholine rings is 1. The van der Waals surface area contributed by atoms with E-state index < -0.39 is 6.10 Å². The molecular weight excluding hydrogens is 382 g/mol. The van der Waals surface area contributed by atoms with Crippen LogP contribution in [0.1, 0.15) is 17.2 Å². The van der Waals surface area contributed by atoms with Crippen molar-refractivity contribution < 1.29 is 19.3 Å². The largest absolute Gasteiger partial charge is 0.497 e. The number of rotatable bonds is 10. The van der Waals surface area contributed by atoms with Gasteiger partial charge in [-0.25, -0.2) is 0 Å². The Balaban J connectivity index is 1.50. The van der Waals surface area contributed by atoms with E-state index in [0.717, 1.165) is 32.1 Å². The Morgan fingerprint density at radius 3 is 2.37 bits per heavy atom.